The maximum absolute atomic E-state index is 12.6. The molecule has 0 heterocycles. The van der Waals surface area contributed by atoms with Crippen molar-refractivity contribution in [1.29, 1.82) is 0 Å². The number of carbonyl (C=O) groups excluding carboxylic acids is 2. The number of amides is 2. The van der Waals surface area contributed by atoms with Crippen molar-refractivity contribution in [1.82, 2.24) is 10.2 Å². The van der Waals surface area contributed by atoms with Crippen LogP contribution in [0.2, 0.25) is 0 Å². The van der Waals surface area contributed by atoms with Gasteiger partial charge in [-0.15, -0.1) is 0 Å². The lowest BCUT2D eigenvalue weighted by Crippen LogP contribution is -2.45. The van der Waals surface area contributed by atoms with Gasteiger partial charge in [-0.05, 0) is 42.5 Å². The molecule has 0 saturated heterocycles. The third kappa shape index (κ3) is 5.28. The van der Waals surface area contributed by atoms with Crippen LogP contribution < -0.4 is 5.32 Å². The van der Waals surface area contributed by atoms with Crippen molar-refractivity contribution in [2.24, 2.45) is 0 Å². The van der Waals surface area contributed by atoms with Gasteiger partial charge in [-0.1, -0.05) is 55.5 Å². The number of carboxylic acid groups (broad SMARTS) is 1. The van der Waals surface area contributed by atoms with Crippen LogP contribution in [-0.4, -0.2) is 53.2 Å². The second kappa shape index (κ2) is 10.3. The van der Waals surface area contributed by atoms with Crippen LogP contribution in [0.1, 0.15) is 50.7 Å². The molecule has 0 aromatic heterocycles. The fourth-order valence-electron chi connectivity index (χ4n) is 4.14. The van der Waals surface area contributed by atoms with Gasteiger partial charge in [-0.3, -0.25) is 9.59 Å². The van der Waals surface area contributed by atoms with E-state index in [9.17, 15) is 14.4 Å². The summed E-state index contributed by atoms with van der Waals surface area (Å²) in [6.45, 7) is 5.22. The summed E-state index contributed by atoms with van der Waals surface area (Å²) in [5.74, 6) is -1.42. The molecule has 2 aromatic rings. The van der Waals surface area contributed by atoms with Gasteiger partial charge in [0.25, 0.3) is 0 Å². The van der Waals surface area contributed by atoms with Crippen molar-refractivity contribution < 1.29 is 24.2 Å². The van der Waals surface area contributed by atoms with E-state index < -0.39 is 18.1 Å². The quantitative estimate of drug-likeness (QED) is 0.617. The van der Waals surface area contributed by atoms with Gasteiger partial charge in [0.15, 0.2) is 0 Å². The fourth-order valence-corrected chi connectivity index (χ4v) is 4.14. The lowest BCUT2D eigenvalue weighted by atomic mass is 9.98. The highest BCUT2D eigenvalue weighted by Gasteiger charge is 2.29. The lowest BCUT2D eigenvalue weighted by molar-refractivity contribution is -0.146. The Bertz CT molecular complexity index is 942. The average Bonchev–Trinajstić information content (AvgIpc) is 3.09. The predicted octanol–water partition coefficient (Wildman–Crippen LogP) is 4.02. The van der Waals surface area contributed by atoms with Gasteiger partial charge in [0.05, 0.1) is 0 Å². The van der Waals surface area contributed by atoms with Crippen molar-refractivity contribution in [3.63, 3.8) is 0 Å². The standard InChI is InChI=1S/C25H30N2O5/c1-4-17(13-23(28)27(16(2)3)14-24(29)30)26-25(31)32-15-22-20-11-7-5-9-18(20)19-10-6-8-12-21(19)22/h5-12,16-17,22H,4,13-15H2,1-3H3,(H,26,31)(H,29,30). The van der Waals surface area contributed by atoms with Gasteiger partial charge in [0.2, 0.25) is 5.91 Å². The van der Waals surface area contributed by atoms with Crippen molar-refractivity contribution in [2.45, 2.75) is 51.6 Å². The number of fused-ring (bicyclic) bond motifs is 3. The number of rotatable bonds is 9. The molecule has 170 valence electrons. The zero-order chi connectivity index (χ0) is 23.3. The van der Waals surface area contributed by atoms with Crippen molar-refractivity contribution in [3.8, 4) is 11.1 Å². The van der Waals surface area contributed by atoms with E-state index >= 15 is 0 Å². The molecule has 0 spiro atoms. The summed E-state index contributed by atoms with van der Waals surface area (Å²) < 4.78 is 5.56. The number of carbonyl (C=O) groups is 3. The largest absolute Gasteiger partial charge is 0.480 e. The van der Waals surface area contributed by atoms with Gasteiger partial charge in [0, 0.05) is 24.4 Å². The summed E-state index contributed by atoms with van der Waals surface area (Å²) in [7, 11) is 0. The first-order valence-corrected chi connectivity index (χ1v) is 10.9. The molecule has 3 rings (SSSR count). The number of nitrogens with one attached hydrogen (secondary N) is 1. The van der Waals surface area contributed by atoms with Crippen LogP contribution in [0.4, 0.5) is 4.79 Å². The minimum absolute atomic E-state index is 0.0200. The molecule has 1 aliphatic carbocycles. The zero-order valence-electron chi connectivity index (χ0n) is 18.7. The molecule has 0 aliphatic heterocycles. The first-order valence-electron chi connectivity index (χ1n) is 10.9. The maximum Gasteiger partial charge on any atom is 0.407 e. The Morgan fingerprint density at radius 3 is 2.09 bits per heavy atom. The molecular formula is C25H30N2O5. The number of hydrogen-bond donors (Lipinski definition) is 2. The van der Waals surface area contributed by atoms with E-state index in [4.69, 9.17) is 9.84 Å². The molecule has 32 heavy (non-hydrogen) atoms. The van der Waals surface area contributed by atoms with Crippen molar-refractivity contribution in [2.75, 3.05) is 13.2 Å². The third-order valence-corrected chi connectivity index (χ3v) is 5.83. The summed E-state index contributed by atoms with van der Waals surface area (Å²) in [4.78, 5) is 37.4. The SMILES string of the molecule is CCC(CC(=O)N(CC(=O)O)C(C)C)NC(=O)OCC1c2ccccc2-c2ccccc21. The number of alkyl carbamates (subject to hydrolysis) is 1. The number of ether oxygens (including phenoxy) is 1. The molecule has 1 aliphatic rings. The van der Waals surface area contributed by atoms with E-state index in [1.807, 2.05) is 31.2 Å². The highest BCUT2D eigenvalue weighted by Crippen LogP contribution is 2.44. The van der Waals surface area contributed by atoms with Gasteiger partial charge < -0.3 is 20.1 Å². The Morgan fingerprint density at radius 2 is 1.59 bits per heavy atom. The number of hydrogen-bond acceptors (Lipinski definition) is 4. The van der Waals surface area contributed by atoms with Gasteiger partial charge >= 0.3 is 12.1 Å². The minimum atomic E-state index is -1.07. The van der Waals surface area contributed by atoms with E-state index in [1.165, 1.54) is 4.90 Å². The third-order valence-electron chi connectivity index (χ3n) is 5.83. The molecule has 7 heteroatoms. The lowest BCUT2D eigenvalue weighted by Gasteiger charge is -2.27. The highest BCUT2D eigenvalue weighted by molar-refractivity contribution is 5.82. The van der Waals surface area contributed by atoms with Crippen LogP contribution in [-0.2, 0) is 14.3 Å². The van der Waals surface area contributed by atoms with Crippen molar-refractivity contribution >= 4 is 18.0 Å². The molecule has 0 fully saturated rings. The number of aliphatic carboxylic acids is 1. The average molecular weight is 439 g/mol. The van der Waals surface area contributed by atoms with Gasteiger partial charge in [-0.2, -0.15) is 0 Å². The van der Waals surface area contributed by atoms with E-state index in [1.54, 1.807) is 13.8 Å². The van der Waals surface area contributed by atoms with E-state index in [0.29, 0.717) is 6.42 Å². The van der Waals surface area contributed by atoms with Gasteiger partial charge in [0.1, 0.15) is 13.2 Å². The van der Waals surface area contributed by atoms with Gasteiger partial charge in [-0.25, -0.2) is 4.79 Å². The molecule has 0 radical (unpaired) electrons. The normalized spacial score (nSPS) is 13.2. The summed E-state index contributed by atoms with van der Waals surface area (Å²) >= 11 is 0. The summed E-state index contributed by atoms with van der Waals surface area (Å²) in [5, 5.41) is 11.8. The Kier molecular flexibility index (Phi) is 7.51. The molecule has 0 bridgehead atoms. The molecular weight excluding hydrogens is 408 g/mol. The maximum atomic E-state index is 12.6. The topological polar surface area (TPSA) is 95.9 Å². The molecule has 7 nitrogen and oxygen atoms in total. The fraction of sp³-hybridized carbons (Fsp3) is 0.400. The minimum Gasteiger partial charge on any atom is -0.480 e. The first kappa shape index (κ1) is 23.3. The Hall–Kier alpha value is -3.35. The van der Waals surface area contributed by atoms with Crippen LogP contribution >= 0.6 is 0 Å². The summed E-state index contributed by atoms with van der Waals surface area (Å²) in [5.41, 5.74) is 4.57. The Morgan fingerprint density at radius 1 is 1.03 bits per heavy atom. The summed E-state index contributed by atoms with van der Waals surface area (Å²) in [6.07, 6.45) is -0.0398. The van der Waals surface area contributed by atoms with Crippen LogP contribution in [0.25, 0.3) is 11.1 Å². The second-order valence-corrected chi connectivity index (χ2v) is 8.29. The van der Waals surface area contributed by atoms with Crippen LogP contribution in [0.5, 0.6) is 0 Å². The number of benzene rings is 2. The van der Waals surface area contributed by atoms with Crippen LogP contribution in [0, 0.1) is 0 Å². The Labute approximate surface area is 188 Å². The highest BCUT2D eigenvalue weighted by atomic mass is 16.5. The number of nitrogens with zero attached hydrogens (tertiary/aromatic N) is 1. The molecule has 2 aromatic carbocycles. The first-order chi connectivity index (χ1) is 15.3. The molecule has 1 atom stereocenters. The molecule has 1 unspecified atom stereocenters. The number of carboxylic acids is 1. The predicted molar refractivity (Wildman–Crippen MR) is 121 cm³/mol. The smallest absolute Gasteiger partial charge is 0.407 e. The van der Waals surface area contributed by atoms with Crippen molar-refractivity contribution in [3.05, 3.63) is 59.7 Å². The van der Waals surface area contributed by atoms with Crippen LogP contribution in [0.3, 0.4) is 0 Å². The molecule has 2 amide bonds. The summed E-state index contributed by atoms with van der Waals surface area (Å²) in [6, 6.07) is 15.5. The van der Waals surface area contributed by atoms with E-state index in [0.717, 1.165) is 22.3 Å². The monoisotopic (exact) mass is 438 g/mol. The van der Waals surface area contributed by atoms with E-state index in [2.05, 4.69) is 29.6 Å². The van der Waals surface area contributed by atoms with Crippen LogP contribution in [0.15, 0.2) is 48.5 Å². The molecule has 2 N–H and O–H groups in total. The molecule has 0 saturated carbocycles. The van der Waals surface area contributed by atoms with E-state index in [-0.39, 0.29) is 37.4 Å². The zero-order valence-corrected chi connectivity index (χ0v) is 18.7. The Balaban J connectivity index is 1.60. The second-order valence-electron chi connectivity index (χ2n) is 8.29.